The third kappa shape index (κ3) is 2.57. The molecule has 1 amide bonds. The van der Waals surface area contributed by atoms with Gasteiger partial charge in [0.25, 0.3) is 5.91 Å². The van der Waals surface area contributed by atoms with E-state index in [0.29, 0.717) is 16.4 Å². The van der Waals surface area contributed by atoms with E-state index in [-0.39, 0.29) is 5.91 Å². The Balaban J connectivity index is 1.89. The number of carbonyl (C=O) groups excluding carboxylic acids is 1. The largest absolute Gasteiger partial charge is 0.351 e. The summed E-state index contributed by atoms with van der Waals surface area (Å²) in [5.41, 5.74) is 2.02. The Bertz CT molecular complexity index is 764. The number of nitrogens with one attached hydrogen (secondary N) is 2. The highest BCUT2D eigenvalue weighted by Crippen LogP contribution is 2.26. The summed E-state index contributed by atoms with van der Waals surface area (Å²) in [5.74, 6) is -0.217. The van der Waals surface area contributed by atoms with E-state index in [2.05, 4.69) is 26.2 Å². The monoisotopic (exact) mass is 348 g/mol. The number of benzene rings is 2. The van der Waals surface area contributed by atoms with Gasteiger partial charge in [-0.1, -0.05) is 45.7 Å². The van der Waals surface area contributed by atoms with Crippen molar-refractivity contribution in [3.05, 3.63) is 63.7 Å². The average Bonchev–Trinajstić information content (AvgIpc) is 2.86. The maximum absolute atomic E-state index is 12.2. The maximum Gasteiger partial charge on any atom is 0.272 e. The molecule has 0 atom stereocenters. The molecular weight excluding hydrogens is 340 g/mol. The van der Waals surface area contributed by atoms with Crippen molar-refractivity contribution in [2.24, 2.45) is 0 Å². The minimum Gasteiger partial charge on any atom is -0.351 e. The van der Waals surface area contributed by atoms with Crippen molar-refractivity contribution in [2.45, 2.75) is 0 Å². The van der Waals surface area contributed by atoms with Crippen LogP contribution in [-0.2, 0) is 0 Å². The number of carbonyl (C=O) groups is 1. The van der Waals surface area contributed by atoms with Crippen molar-refractivity contribution in [3.63, 3.8) is 0 Å². The highest BCUT2D eigenvalue weighted by Gasteiger charge is 2.11. The topological polar surface area (TPSA) is 44.9 Å². The van der Waals surface area contributed by atoms with E-state index >= 15 is 0 Å². The molecule has 0 radical (unpaired) electrons. The second kappa shape index (κ2) is 5.31. The zero-order valence-electron chi connectivity index (χ0n) is 10.3. The molecule has 0 unspecified atom stereocenters. The lowest BCUT2D eigenvalue weighted by Crippen LogP contribution is -2.12. The molecule has 0 fully saturated rings. The van der Waals surface area contributed by atoms with Gasteiger partial charge < -0.3 is 10.3 Å². The average molecular weight is 350 g/mol. The van der Waals surface area contributed by atoms with Crippen LogP contribution in [0.15, 0.2) is 53.0 Å². The smallest absolute Gasteiger partial charge is 0.272 e. The van der Waals surface area contributed by atoms with Crippen LogP contribution in [0.5, 0.6) is 0 Å². The van der Waals surface area contributed by atoms with Gasteiger partial charge in [-0.15, -0.1) is 0 Å². The summed E-state index contributed by atoms with van der Waals surface area (Å²) in [6, 6.07) is 14.9. The first-order chi connectivity index (χ1) is 9.63. The minimum absolute atomic E-state index is 0.217. The van der Waals surface area contributed by atoms with E-state index in [9.17, 15) is 4.79 Å². The highest BCUT2D eigenvalue weighted by atomic mass is 79.9. The van der Waals surface area contributed by atoms with Gasteiger partial charge in [-0.2, -0.15) is 0 Å². The van der Waals surface area contributed by atoms with Gasteiger partial charge in [0.2, 0.25) is 0 Å². The van der Waals surface area contributed by atoms with E-state index < -0.39 is 0 Å². The number of amides is 1. The predicted octanol–water partition coefficient (Wildman–Crippen LogP) is 4.84. The number of aromatic amines is 1. The fourth-order valence-electron chi connectivity index (χ4n) is 1.98. The Labute approximate surface area is 129 Å². The van der Waals surface area contributed by atoms with Crippen LogP contribution < -0.4 is 5.32 Å². The van der Waals surface area contributed by atoms with Crippen LogP contribution >= 0.6 is 27.5 Å². The Morgan fingerprint density at radius 1 is 1.15 bits per heavy atom. The molecule has 0 aliphatic rings. The van der Waals surface area contributed by atoms with Gasteiger partial charge in [0.15, 0.2) is 0 Å². The van der Waals surface area contributed by atoms with Gasteiger partial charge >= 0.3 is 0 Å². The first-order valence-electron chi connectivity index (χ1n) is 5.97. The summed E-state index contributed by atoms with van der Waals surface area (Å²) in [6.07, 6.45) is 0. The second-order valence-electron chi connectivity index (χ2n) is 4.35. The maximum atomic E-state index is 12.2. The number of halogens is 2. The third-order valence-electron chi connectivity index (χ3n) is 2.95. The van der Waals surface area contributed by atoms with E-state index in [4.69, 9.17) is 11.6 Å². The van der Waals surface area contributed by atoms with Crippen molar-refractivity contribution in [1.29, 1.82) is 0 Å². The van der Waals surface area contributed by atoms with Crippen molar-refractivity contribution < 1.29 is 4.79 Å². The fourth-order valence-corrected chi connectivity index (χ4v) is 2.70. The lowest BCUT2D eigenvalue weighted by atomic mass is 10.2. The normalized spacial score (nSPS) is 10.7. The van der Waals surface area contributed by atoms with E-state index in [1.54, 1.807) is 12.1 Å². The van der Waals surface area contributed by atoms with Crippen LogP contribution in [-0.4, -0.2) is 10.9 Å². The van der Waals surface area contributed by atoms with Gasteiger partial charge in [-0.25, -0.2) is 0 Å². The van der Waals surface area contributed by atoms with Crippen LogP contribution in [0.3, 0.4) is 0 Å². The van der Waals surface area contributed by atoms with Crippen LogP contribution in [0.4, 0.5) is 5.69 Å². The van der Waals surface area contributed by atoms with Crippen LogP contribution in [0.25, 0.3) is 10.9 Å². The Hall–Kier alpha value is -1.78. The molecule has 3 rings (SSSR count). The lowest BCUT2D eigenvalue weighted by molar-refractivity contribution is 0.102. The number of para-hydroxylation sites is 1. The van der Waals surface area contributed by atoms with Crippen molar-refractivity contribution in [3.8, 4) is 0 Å². The zero-order chi connectivity index (χ0) is 14.1. The number of anilines is 1. The van der Waals surface area contributed by atoms with Crippen molar-refractivity contribution in [2.75, 3.05) is 5.32 Å². The van der Waals surface area contributed by atoms with Gasteiger partial charge in [-0.05, 0) is 30.3 Å². The Morgan fingerprint density at radius 2 is 1.95 bits per heavy atom. The first-order valence-corrected chi connectivity index (χ1v) is 7.15. The molecule has 1 heterocycles. The number of hydrogen-bond acceptors (Lipinski definition) is 1. The second-order valence-corrected chi connectivity index (χ2v) is 5.67. The molecule has 2 aromatic carbocycles. The Kier molecular flexibility index (Phi) is 3.51. The predicted molar refractivity (Wildman–Crippen MR) is 85.4 cm³/mol. The molecule has 3 aromatic rings. The zero-order valence-corrected chi connectivity index (χ0v) is 12.6. The SMILES string of the molecule is O=C(Nc1ccc(Br)cc1Cl)c1cc2ccccc2[nH]1. The molecule has 100 valence electrons. The standard InChI is InChI=1S/C15H10BrClN2O/c16-10-5-6-13(11(17)8-10)19-15(20)14-7-9-3-1-2-4-12(9)18-14/h1-8,18H,(H,19,20). The molecule has 0 saturated carbocycles. The molecule has 0 bridgehead atoms. The molecule has 1 aromatic heterocycles. The molecule has 0 spiro atoms. The summed E-state index contributed by atoms with van der Waals surface area (Å²) in [4.78, 5) is 15.3. The van der Waals surface area contributed by atoms with Gasteiger partial charge in [0, 0.05) is 15.4 Å². The van der Waals surface area contributed by atoms with Crippen LogP contribution in [0.1, 0.15) is 10.5 Å². The number of rotatable bonds is 2. The van der Waals surface area contributed by atoms with Crippen molar-refractivity contribution >= 4 is 50.0 Å². The highest BCUT2D eigenvalue weighted by molar-refractivity contribution is 9.10. The molecule has 20 heavy (non-hydrogen) atoms. The minimum atomic E-state index is -0.217. The number of aromatic nitrogens is 1. The van der Waals surface area contributed by atoms with Crippen molar-refractivity contribution in [1.82, 2.24) is 4.98 Å². The fraction of sp³-hybridized carbons (Fsp3) is 0. The van der Waals surface area contributed by atoms with Gasteiger partial charge in [0.05, 0.1) is 10.7 Å². The van der Waals surface area contributed by atoms with E-state index in [0.717, 1.165) is 15.4 Å². The molecule has 5 heteroatoms. The Morgan fingerprint density at radius 3 is 2.70 bits per heavy atom. The number of hydrogen-bond donors (Lipinski definition) is 2. The number of H-pyrrole nitrogens is 1. The summed E-state index contributed by atoms with van der Waals surface area (Å²) in [5, 5.41) is 4.28. The summed E-state index contributed by atoms with van der Waals surface area (Å²) < 4.78 is 0.867. The quantitative estimate of drug-likeness (QED) is 0.683. The van der Waals surface area contributed by atoms with E-state index in [1.807, 2.05) is 36.4 Å². The van der Waals surface area contributed by atoms with E-state index in [1.165, 1.54) is 0 Å². The first kappa shape index (κ1) is 13.2. The molecule has 0 saturated heterocycles. The molecule has 0 aliphatic heterocycles. The van der Waals surface area contributed by atoms with Gasteiger partial charge in [-0.3, -0.25) is 4.79 Å². The molecule has 0 aliphatic carbocycles. The van der Waals surface area contributed by atoms with Crippen LogP contribution in [0, 0.1) is 0 Å². The molecular formula is C15H10BrClN2O. The van der Waals surface area contributed by atoms with Gasteiger partial charge in [0.1, 0.15) is 5.69 Å². The molecule has 2 N–H and O–H groups in total. The molecule has 3 nitrogen and oxygen atoms in total. The summed E-state index contributed by atoms with van der Waals surface area (Å²) in [7, 11) is 0. The van der Waals surface area contributed by atoms with Crippen LogP contribution in [0.2, 0.25) is 5.02 Å². The third-order valence-corrected chi connectivity index (χ3v) is 3.76. The summed E-state index contributed by atoms with van der Waals surface area (Å²) in [6.45, 7) is 0. The summed E-state index contributed by atoms with van der Waals surface area (Å²) >= 11 is 9.41. The lowest BCUT2D eigenvalue weighted by Gasteiger charge is -2.06. The number of fused-ring (bicyclic) bond motifs is 1.